The van der Waals surface area contributed by atoms with Crippen LogP contribution in [0.5, 0.6) is 0 Å². The molecule has 0 aliphatic carbocycles. The van der Waals surface area contributed by atoms with E-state index in [0.29, 0.717) is 23.9 Å². The summed E-state index contributed by atoms with van der Waals surface area (Å²) in [6.07, 6.45) is 20.1. The highest BCUT2D eigenvalue weighted by Crippen LogP contribution is 2.39. The van der Waals surface area contributed by atoms with Crippen LogP contribution in [0.15, 0.2) is 0 Å². The lowest BCUT2D eigenvalue weighted by molar-refractivity contribution is -0.137. The third-order valence-corrected chi connectivity index (χ3v) is 8.20. The van der Waals surface area contributed by atoms with Gasteiger partial charge in [0.1, 0.15) is 0 Å². The van der Waals surface area contributed by atoms with Crippen LogP contribution >= 0.6 is 0 Å². The second kappa shape index (κ2) is 19.8. The Morgan fingerprint density at radius 2 is 1.03 bits per heavy atom. The zero-order valence-corrected chi connectivity index (χ0v) is 22.1. The number of unbranched alkanes of at least 4 members (excludes halogenated alkanes) is 5. The van der Waals surface area contributed by atoms with Crippen LogP contribution in [0.3, 0.4) is 0 Å². The highest BCUT2D eigenvalue weighted by Gasteiger charge is 2.25. The minimum atomic E-state index is -0.672. The zero-order chi connectivity index (χ0) is 24.1. The number of carbonyl (C=O) groups is 1. The monoisotopic (exact) mass is 456 g/mol. The van der Waals surface area contributed by atoms with Crippen LogP contribution in [-0.4, -0.2) is 36.0 Å². The van der Waals surface area contributed by atoms with Crippen molar-refractivity contribution in [2.45, 2.75) is 143 Å². The van der Waals surface area contributed by atoms with Gasteiger partial charge in [0, 0.05) is 26.2 Å². The highest BCUT2D eigenvalue weighted by molar-refractivity contribution is 5.66. The van der Waals surface area contributed by atoms with Crippen LogP contribution in [0.4, 0.5) is 0 Å². The predicted molar refractivity (Wildman–Crippen MR) is 136 cm³/mol. The van der Waals surface area contributed by atoms with Crippen LogP contribution in [0, 0.1) is 10.8 Å². The molecule has 0 aliphatic heterocycles. The first-order valence-electron chi connectivity index (χ1n) is 13.8. The van der Waals surface area contributed by atoms with Crippen molar-refractivity contribution in [3.8, 4) is 0 Å². The molecule has 0 aromatic rings. The lowest BCUT2D eigenvalue weighted by atomic mass is 9.74. The van der Waals surface area contributed by atoms with Gasteiger partial charge in [-0.3, -0.25) is 4.79 Å². The Labute approximate surface area is 199 Å². The van der Waals surface area contributed by atoms with Crippen LogP contribution in [0.1, 0.15) is 143 Å². The standard InChI is InChI=1S/C28H56O4/c1-5-27(6-2,19-11-9-15-23-29)21-13-16-24-32-25-17-14-22-28(7-3,8-4)20-12-10-18-26(30)31/h29H,5-25H2,1-4H3,(H,30,31). The molecule has 0 aromatic carbocycles. The normalized spacial score (nSPS) is 12.4. The summed E-state index contributed by atoms with van der Waals surface area (Å²) in [6.45, 7) is 11.3. The number of hydrogen-bond donors (Lipinski definition) is 2. The van der Waals surface area contributed by atoms with Crippen LogP contribution < -0.4 is 0 Å². The maximum Gasteiger partial charge on any atom is 0.303 e. The number of carboxylic acids is 1. The molecule has 32 heavy (non-hydrogen) atoms. The molecule has 0 fully saturated rings. The van der Waals surface area contributed by atoms with E-state index in [9.17, 15) is 4.79 Å². The number of rotatable bonds is 24. The van der Waals surface area contributed by atoms with E-state index in [2.05, 4.69) is 27.7 Å². The van der Waals surface area contributed by atoms with Gasteiger partial charge in [-0.1, -0.05) is 85.5 Å². The molecule has 4 nitrogen and oxygen atoms in total. The lowest BCUT2D eigenvalue weighted by Crippen LogP contribution is -2.19. The fourth-order valence-corrected chi connectivity index (χ4v) is 5.24. The van der Waals surface area contributed by atoms with Crippen molar-refractivity contribution in [3.63, 3.8) is 0 Å². The van der Waals surface area contributed by atoms with E-state index < -0.39 is 5.97 Å². The number of aliphatic hydroxyl groups excluding tert-OH is 1. The number of aliphatic hydroxyl groups is 1. The van der Waals surface area contributed by atoms with E-state index in [1.165, 1.54) is 64.2 Å². The molecule has 2 N–H and O–H groups in total. The average Bonchev–Trinajstić information content (AvgIpc) is 2.81. The Bertz CT molecular complexity index is 427. The van der Waals surface area contributed by atoms with E-state index >= 15 is 0 Å². The van der Waals surface area contributed by atoms with E-state index in [1.54, 1.807) is 0 Å². The van der Waals surface area contributed by atoms with Crippen molar-refractivity contribution in [1.82, 2.24) is 0 Å². The molecular formula is C28H56O4. The van der Waals surface area contributed by atoms with Gasteiger partial charge in [0.25, 0.3) is 0 Å². The van der Waals surface area contributed by atoms with E-state index in [0.717, 1.165) is 58.2 Å². The van der Waals surface area contributed by atoms with Crippen molar-refractivity contribution >= 4 is 5.97 Å². The molecule has 0 aromatic heterocycles. The Balaban J connectivity index is 3.96. The minimum Gasteiger partial charge on any atom is -0.481 e. The molecule has 0 saturated heterocycles. The number of hydrogen-bond acceptors (Lipinski definition) is 3. The Morgan fingerprint density at radius 1 is 0.625 bits per heavy atom. The van der Waals surface area contributed by atoms with E-state index in [1.807, 2.05) is 0 Å². The second-order valence-electron chi connectivity index (χ2n) is 10.1. The first-order chi connectivity index (χ1) is 15.4. The number of carboxylic acid groups (broad SMARTS) is 1. The van der Waals surface area contributed by atoms with Gasteiger partial charge in [0.05, 0.1) is 0 Å². The van der Waals surface area contributed by atoms with Gasteiger partial charge in [0.2, 0.25) is 0 Å². The van der Waals surface area contributed by atoms with E-state index in [4.69, 9.17) is 14.9 Å². The summed E-state index contributed by atoms with van der Waals surface area (Å²) in [5.41, 5.74) is 0.878. The van der Waals surface area contributed by atoms with E-state index in [-0.39, 0.29) is 0 Å². The smallest absolute Gasteiger partial charge is 0.303 e. The summed E-state index contributed by atoms with van der Waals surface area (Å²) < 4.78 is 5.94. The molecule has 0 heterocycles. The Morgan fingerprint density at radius 3 is 1.41 bits per heavy atom. The van der Waals surface area contributed by atoms with Gasteiger partial charge < -0.3 is 14.9 Å². The quantitative estimate of drug-likeness (QED) is 0.144. The molecule has 0 aliphatic rings. The third kappa shape index (κ3) is 14.5. The molecule has 192 valence electrons. The largest absolute Gasteiger partial charge is 0.481 e. The molecule has 0 saturated carbocycles. The first kappa shape index (κ1) is 31.4. The van der Waals surface area contributed by atoms with Crippen LogP contribution in [-0.2, 0) is 9.53 Å². The maximum absolute atomic E-state index is 10.7. The SMILES string of the molecule is CCC(CC)(CCCCCO)CCCCOCCCCC(CC)(CC)CCCCC(=O)O. The lowest BCUT2D eigenvalue weighted by Gasteiger charge is -2.32. The fraction of sp³-hybridized carbons (Fsp3) is 0.964. The molecular weight excluding hydrogens is 400 g/mol. The topological polar surface area (TPSA) is 66.8 Å². The van der Waals surface area contributed by atoms with Crippen molar-refractivity contribution < 1.29 is 19.7 Å². The van der Waals surface area contributed by atoms with Gasteiger partial charge in [0.15, 0.2) is 0 Å². The summed E-state index contributed by atoms with van der Waals surface area (Å²) >= 11 is 0. The first-order valence-corrected chi connectivity index (χ1v) is 13.8. The summed E-state index contributed by atoms with van der Waals surface area (Å²) in [5, 5.41) is 17.8. The molecule has 0 radical (unpaired) electrons. The number of aliphatic carboxylic acids is 1. The molecule has 0 spiro atoms. The predicted octanol–water partition coefficient (Wildman–Crippen LogP) is 8.15. The van der Waals surface area contributed by atoms with Crippen molar-refractivity contribution in [2.75, 3.05) is 19.8 Å². The zero-order valence-electron chi connectivity index (χ0n) is 22.1. The summed E-state index contributed by atoms with van der Waals surface area (Å²) in [5.74, 6) is -0.672. The molecule has 0 rings (SSSR count). The summed E-state index contributed by atoms with van der Waals surface area (Å²) in [7, 11) is 0. The second-order valence-corrected chi connectivity index (χ2v) is 10.1. The van der Waals surface area contributed by atoms with Crippen molar-refractivity contribution in [1.29, 1.82) is 0 Å². The fourth-order valence-electron chi connectivity index (χ4n) is 5.24. The molecule has 4 heteroatoms. The highest BCUT2D eigenvalue weighted by atomic mass is 16.5. The Hall–Kier alpha value is -0.610. The van der Waals surface area contributed by atoms with Gasteiger partial charge in [-0.05, 0) is 62.2 Å². The molecule has 0 unspecified atom stereocenters. The molecule has 0 bridgehead atoms. The van der Waals surface area contributed by atoms with Crippen LogP contribution in [0.25, 0.3) is 0 Å². The van der Waals surface area contributed by atoms with Gasteiger partial charge in [-0.25, -0.2) is 0 Å². The maximum atomic E-state index is 10.7. The third-order valence-electron chi connectivity index (χ3n) is 8.20. The Kier molecular flexibility index (Phi) is 19.4. The van der Waals surface area contributed by atoms with Crippen molar-refractivity contribution in [3.05, 3.63) is 0 Å². The van der Waals surface area contributed by atoms with Gasteiger partial charge in [-0.2, -0.15) is 0 Å². The summed E-state index contributed by atoms with van der Waals surface area (Å²) in [4.78, 5) is 10.7. The van der Waals surface area contributed by atoms with Crippen LogP contribution in [0.2, 0.25) is 0 Å². The molecule has 0 amide bonds. The molecule has 0 atom stereocenters. The van der Waals surface area contributed by atoms with Gasteiger partial charge in [-0.15, -0.1) is 0 Å². The van der Waals surface area contributed by atoms with Crippen molar-refractivity contribution in [2.24, 2.45) is 10.8 Å². The minimum absolute atomic E-state index is 0.304. The average molecular weight is 457 g/mol. The number of ether oxygens (including phenoxy) is 1. The van der Waals surface area contributed by atoms with Gasteiger partial charge >= 0.3 is 5.97 Å². The summed E-state index contributed by atoms with van der Waals surface area (Å²) in [6, 6.07) is 0.